The predicted octanol–water partition coefficient (Wildman–Crippen LogP) is -0.362. The number of aryl methyl sites for hydroxylation is 1. The van der Waals surface area contributed by atoms with Crippen LogP contribution in [0, 0.1) is 0 Å². The second-order valence-electron chi connectivity index (χ2n) is 4.44. The summed E-state index contributed by atoms with van der Waals surface area (Å²) >= 11 is 0. The predicted molar refractivity (Wildman–Crippen MR) is 72.3 cm³/mol. The molecule has 0 saturated carbocycles. The third-order valence-electron chi connectivity index (χ3n) is 2.93. The normalized spacial score (nSPS) is 11.9. The first kappa shape index (κ1) is 14.6. The zero-order chi connectivity index (χ0) is 15.2. The number of hydrogen-bond donors (Lipinski definition) is 4. The molecule has 2 heterocycles. The number of rotatable bonds is 6. The molecule has 4 N–H and O–H groups in total. The Hall–Kier alpha value is -2.84. The van der Waals surface area contributed by atoms with Crippen molar-refractivity contribution < 1.29 is 14.7 Å². The Kier molecular flexibility index (Phi) is 4.54. The minimum absolute atomic E-state index is 0.133. The first-order valence-corrected chi connectivity index (χ1v) is 6.27. The number of urea groups is 1. The molecule has 0 aromatic carbocycles. The summed E-state index contributed by atoms with van der Waals surface area (Å²) in [6.45, 7) is 0.263. The summed E-state index contributed by atoms with van der Waals surface area (Å²) in [7, 11) is 1.76. The standard InChI is InChI=1S/C12H16N6O3/c1-18-9(2-3-16-18)6-14-12(21)17-10(11(19)20)4-8-5-13-7-15-8/h2-3,5,7,10H,4,6H2,1H3,(H,13,15)(H,19,20)(H2,14,17,21)/t10-/m1/s1. The molecule has 1 atom stereocenters. The number of aromatic nitrogens is 4. The van der Waals surface area contributed by atoms with E-state index in [1.54, 1.807) is 24.0 Å². The maximum atomic E-state index is 11.8. The summed E-state index contributed by atoms with van der Waals surface area (Å²) in [5.41, 5.74) is 1.44. The van der Waals surface area contributed by atoms with E-state index >= 15 is 0 Å². The largest absolute Gasteiger partial charge is 0.480 e. The molecule has 0 aliphatic heterocycles. The number of carbonyl (C=O) groups excluding carboxylic acids is 1. The molecule has 0 bridgehead atoms. The smallest absolute Gasteiger partial charge is 0.326 e. The summed E-state index contributed by atoms with van der Waals surface area (Å²) < 4.78 is 1.62. The van der Waals surface area contributed by atoms with Crippen LogP contribution in [0.2, 0.25) is 0 Å². The van der Waals surface area contributed by atoms with Crippen molar-refractivity contribution in [2.75, 3.05) is 0 Å². The van der Waals surface area contributed by atoms with Gasteiger partial charge in [0.2, 0.25) is 0 Å². The maximum absolute atomic E-state index is 11.8. The zero-order valence-corrected chi connectivity index (χ0v) is 11.4. The van der Waals surface area contributed by atoms with E-state index < -0.39 is 18.0 Å². The van der Waals surface area contributed by atoms with Crippen LogP contribution in [0.4, 0.5) is 4.79 Å². The molecule has 2 aromatic rings. The fourth-order valence-electron chi connectivity index (χ4n) is 1.77. The van der Waals surface area contributed by atoms with E-state index in [1.165, 1.54) is 12.5 Å². The number of nitrogens with one attached hydrogen (secondary N) is 3. The van der Waals surface area contributed by atoms with Gasteiger partial charge in [-0.3, -0.25) is 4.68 Å². The summed E-state index contributed by atoms with van der Waals surface area (Å²) in [5, 5.41) is 18.1. The van der Waals surface area contributed by atoms with Crippen molar-refractivity contribution in [2.45, 2.75) is 19.0 Å². The van der Waals surface area contributed by atoms with E-state index in [4.69, 9.17) is 5.11 Å². The molecular formula is C12H16N6O3. The highest BCUT2D eigenvalue weighted by atomic mass is 16.4. The van der Waals surface area contributed by atoms with Crippen molar-refractivity contribution in [3.8, 4) is 0 Å². The number of aliphatic carboxylic acids is 1. The van der Waals surface area contributed by atoms with Gasteiger partial charge in [0.15, 0.2) is 0 Å². The first-order chi connectivity index (χ1) is 10.1. The average Bonchev–Trinajstić information content (AvgIpc) is 3.07. The first-order valence-electron chi connectivity index (χ1n) is 6.27. The summed E-state index contributed by atoms with van der Waals surface area (Å²) in [5.74, 6) is -1.11. The van der Waals surface area contributed by atoms with Crippen LogP contribution in [0.5, 0.6) is 0 Å². The van der Waals surface area contributed by atoms with Gasteiger partial charge in [-0.05, 0) is 6.07 Å². The molecule has 2 amide bonds. The zero-order valence-electron chi connectivity index (χ0n) is 11.4. The van der Waals surface area contributed by atoms with E-state index in [0.717, 1.165) is 5.69 Å². The number of carboxylic acids is 1. The van der Waals surface area contributed by atoms with E-state index in [2.05, 4.69) is 25.7 Å². The number of aromatic amines is 1. The van der Waals surface area contributed by atoms with Gasteiger partial charge in [0.1, 0.15) is 6.04 Å². The molecule has 0 spiro atoms. The number of amides is 2. The molecule has 0 fully saturated rings. The van der Waals surface area contributed by atoms with E-state index in [9.17, 15) is 9.59 Å². The van der Waals surface area contributed by atoms with Crippen molar-refractivity contribution in [1.82, 2.24) is 30.4 Å². The highest BCUT2D eigenvalue weighted by molar-refractivity contribution is 5.82. The fraction of sp³-hybridized carbons (Fsp3) is 0.333. The van der Waals surface area contributed by atoms with Crippen LogP contribution in [0.1, 0.15) is 11.4 Å². The van der Waals surface area contributed by atoms with Crippen LogP contribution in [0.25, 0.3) is 0 Å². The van der Waals surface area contributed by atoms with Crippen molar-refractivity contribution in [3.63, 3.8) is 0 Å². The quantitative estimate of drug-likeness (QED) is 0.578. The van der Waals surface area contributed by atoms with E-state index in [0.29, 0.717) is 5.69 Å². The van der Waals surface area contributed by atoms with Gasteiger partial charge in [0, 0.05) is 31.6 Å². The SMILES string of the molecule is Cn1nccc1CNC(=O)N[C@H](Cc1cnc[nH]1)C(=O)O. The van der Waals surface area contributed by atoms with E-state index in [-0.39, 0.29) is 13.0 Å². The molecule has 9 nitrogen and oxygen atoms in total. The Morgan fingerprint density at radius 2 is 2.33 bits per heavy atom. The molecule has 0 aliphatic rings. The van der Waals surface area contributed by atoms with Gasteiger partial charge < -0.3 is 20.7 Å². The number of H-pyrrole nitrogens is 1. The van der Waals surface area contributed by atoms with Crippen LogP contribution in [-0.4, -0.2) is 42.9 Å². The number of imidazole rings is 1. The lowest BCUT2D eigenvalue weighted by molar-refractivity contribution is -0.139. The van der Waals surface area contributed by atoms with Gasteiger partial charge in [-0.25, -0.2) is 14.6 Å². The lowest BCUT2D eigenvalue weighted by Gasteiger charge is -2.14. The number of carbonyl (C=O) groups is 2. The van der Waals surface area contributed by atoms with Gasteiger partial charge in [-0.15, -0.1) is 0 Å². The van der Waals surface area contributed by atoms with Gasteiger partial charge in [-0.2, -0.15) is 5.10 Å². The van der Waals surface area contributed by atoms with Gasteiger partial charge in [0.25, 0.3) is 0 Å². The lowest BCUT2D eigenvalue weighted by atomic mass is 10.2. The number of carboxylic acid groups (broad SMARTS) is 1. The second kappa shape index (κ2) is 6.55. The van der Waals surface area contributed by atoms with Gasteiger partial charge >= 0.3 is 12.0 Å². The van der Waals surface area contributed by atoms with Crippen LogP contribution in [0.15, 0.2) is 24.8 Å². The van der Waals surface area contributed by atoms with Crippen LogP contribution < -0.4 is 10.6 Å². The summed E-state index contributed by atoms with van der Waals surface area (Å²) in [6, 6.07) is 0.180. The van der Waals surface area contributed by atoms with Crippen molar-refractivity contribution in [1.29, 1.82) is 0 Å². The number of hydrogen-bond acceptors (Lipinski definition) is 4. The van der Waals surface area contributed by atoms with Crippen LogP contribution in [-0.2, 0) is 24.8 Å². The maximum Gasteiger partial charge on any atom is 0.326 e. The van der Waals surface area contributed by atoms with Crippen molar-refractivity contribution in [3.05, 3.63) is 36.2 Å². The Morgan fingerprint density at radius 3 is 2.90 bits per heavy atom. The molecule has 0 radical (unpaired) electrons. The average molecular weight is 292 g/mol. The molecule has 112 valence electrons. The fourth-order valence-corrected chi connectivity index (χ4v) is 1.77. The monoisotopic (exact) mass is 292 g/mol. The Bertz CT molecular complexity index is 606. The molecule has 9 heteroatoms. The van der Waals surface area contributed by atoms with E-state index in [1.807, 2.05) is 0 Å². The molecule has 2 rings (SSSR count). The molecule has 0 saturated heterocycles. The number of nitrogens with zero attached hydrogens (tertiary/aromatic N) is 3. The second-order valence-corrected chi connectivity index (χ2v) is 4.44. The highest BCUT2D eigenvalue weighted by Gasteiger charge is 2.20. The molecule has 0 unspecified atom stereocenters. The lowest BCUT2D eigenvalue weighted by Crippen LogP contribution is -2.47. The molecular weight excluding hydrogens is 276 g/mol. The molecule has 21 heavy (non-hydrogen) atoms. The third-order valence-corrected chi connectivity index (χ3v) is 2.93. The van der Waals surface area contributed by atoms with Crippen molar-refractivity contribution >= 4 is 12.0 Å². The minimum Gasteiger partial charge on any atom is -0.480 e. The van der Waals surface area contributed by atoms with Crippen molar-refractivity contribution in [2.24, 2.45) is 7.05 Å². The highest BCUT2D eigenvalue weighted by Crippen LogP contribution is 1.99. The van der Waals surface area contributed by atoms with Gasteiger partial charge in [-0.1, -0.05) is 0 Å². The molecule has 0 aliphatic carbocycles. The topological polar surface area (TPSA) is 125 Å². The summed E-state index contributed by atoms with van der Waals surface area (Å²) in [6.07, 6.45) is 4.73. The Balaban J connectivity index is 1.86. The Labute approximate surface area is 120 Å². The minimum atomic E-state index is -1.11. The van der Waals surface area contributed by atoms with Crippen LogP contribution in [0.3, 0.4) is 0 Å². The molecule has 2 aromatic heterocycles. The Morgan fingerprint density at radius 1 is 1.52 bits per heavy atom. The van der Waals surface area contributed by atoms with Gasteiger partial charge in [0.05, 0.1) is 18.6 Å². The third kappa shape index (κ3) is 4.06. The summed E-state index contributed by atoms with van der Waals surface area (Å²) in [4.78, 5) is 29.5. The van der Waals surface area contributed by atoms with Crippen LogP contribution >= 0.6 is 0 Å².